The average molecular weight is 331 g/mol. The van der Waals surface area contributed by atoms with Crippen molar-refractivity contribution in [2.45, 2.75) is 45.1 Å². The van der Waals surface area contributed by atoms with Gasteiger partial charge in [0.05, 0.1) is 11.5 Å². The third-order valence-corrected chi connectivity index (χ3v) is 4.66. The Morgan fingerprint density at radius 3 is 2.73 bits per heavy atom. The highest BCUT2D eigenvalue weighted by Gasteiger charge is 2.54. The standard InChI is InChI=1S/C14H19ClN2O5/c1-4-14(7-15)8(2)11(21-9(3)18)12(22-14)17-6-5-10(19)16-13(17)20/h5-6,8,11-12H,4,7H2,1-3H3,(H,16,19,20)/t8-,11+,12+,14-/m0/s1. The molecule has 122 valence electrons. The Labute approximate surface area is 132 Å². The summed E-state index contributed by atoms with van der Waals surface area (Å²) in [6.07, 6.45) is 0.431. The molecule has 1 saturated heterocycles. The minimum Gasteiger partial charge on any atom is -0.457 e. The smallest absolute Gasteiger partial charge is 0.330 e. The van der Waals surface area contributed by atoms with Gasteiger partial charge in [0.15, 0.2) is 12.3 Å². The van der Waals surface area contributed by atoms with E-state index in [1.54, 1.807) is 0 Å². The number of esters is 1. The van der Waals surface area contributed by atoms with Gasteiger partial charge in [-0.1, -0.05) is 13.8 Å². The average Bonchev–Trinajstić information content (AvgIpc) is 2.73. The van der Waals surface area contributed by atoms with Gasteiger partial charge in [0.2, 0.25) is 0 Å². The number of aromatic nitrogens is 2. The van der Waals surface area contributed by atoms with Crippen LogP contribution >= 0.6 is 11.6 Å². The van der Waals surface area contributed by atoms with Gasteiger partial charge in [0.25, 0.3) is 5.56 Å². The Balaban J connectivity index is 2.49. The molecule has 0 bridgehead atoms. The summed E-state index contributed by atoms with van der Waals surface area (Å²) in [6, 6.07) is 1.22. The van der Waals surface area contributed by atoms with Crippen LogP contribution in [0.1, 0.15) is 33.4 Å². The van der Waals surface area contributed by atoms with Crippen molar-refractivity contribution in [3.05, 3.63) is 33.1 Å². The highest BCUT2D eigenvalue weighted by molar-refractivity contribution is 6.18. The van der Waals surface area contributed by atoms with E-state index in [-0.39, 0.29) is 11.8 Å². The first-order valence-corrected chi connectivity index (χ1v) is 7.60. The van der Waals surface area contributed by atoms with Crippen molar-refractivity contribution in [3.63, 3.8) is 0 Å². The first-order chi connectivity index (χ1) is 10.3. The molecule has 0 unspecified atom stereocenters. The second-order valence-electron chi connectivity index (χ2n) is 5.44. The largest absolute Gasteiger partial charge is 0.457 e. The van der Waals surface area contributed by atoms with E-state index in [1.807, 2.05) is 13.8 Å². The second-order valence-corrected chi connectivity index (χ2v) is 5.71. The zero-order valence-corrected chi connectivity index (χ0v) is 13.4. The maximum absolute atomic E-state index is 12.0. The number of carbonyl (C=O) groups excluding carboxylic acids is 1. The number of ether oxygens (including phenoxy) is 2. The summed E-state index contributed by atoms with van der Waals surface area (Å²) < 4.78 is 12.6. The molecule has 1 aromatic heterocycles. The Bertz CT molecular complexity index is 664. The molecule has 8 heteroatoms. The first-order valence-electron chi connectivity index (χ1n) is 7.07. The van der Waals surface area contributed by atoms with Gasteiger partial charge in [-0.2, -0.15) is 0 Å². The minimum absolute atomic E-state index is 0.205. The highest BCUT2D eigenvalue weighted by Crippen LogP contribution is 2.45. The molecule has 2 heterocycles. The van der Waals surface area contributed by atoms with E-state index in [0.29, 0.717) is 6.42 Å². The van der Waals surface area contributed by atoms with Crippen LogP contribution < -0.4 is 11.2 Å². The Kier molecular flexibility index (Phi) is 4.77. The monoisotopic (exact) mass is 330 g/mol. The van der Waals surface area contributed by atoms with Crippen molar-refractivity contribution in [3.8, 4) is 0 Å². The summed E-state index contributed by atoms with van der Waals surface area (Å²) in [5.41, 5.74) is -1.83. The van der Waals surface area contributed by atoms with Crippen LogP contribution in [0.4, 0.5) is 0 Å². The van der Waals surface area contributed by atoms with Gasteiger partial charge in [-0.15, -0.1) is 11.6 Å². The van der Waals surface area contributed by atoms with Crippen molar-refractivity contribution >= 4 is 17.6 Å². The van der Waals surface area contributed by atoms with Gasteiger partial charge in [0.1, 0.15) is 0 Å². The normalized spacial score (nSPS) is 31.2. The van der Waals surface area contributed by atoms with Crippen molar-refractivity contribution in [1.29, 1.82) is 0 Å². The van der Waals surface area contributed by atoms with Crippen LogP contribution in [0.3, 0.4) is 0 Å². The summed E-state index contributed by atoms with van der Waals surface area (Å²) in [5.74, 6) is -0.469. The van der Waals surface area contributed by atoms with Crippen molar-refractivity contribution < 1.29 is 14.3 Å². The fourth-order valence-electron chi connectivity index (χ4n) is 2.81. The number of alkyl halides is 1. The third kappa shape index (κ3) is 2.83. The molecule has 1 aliphatic rings. The number of H-pyrrole nitrogens is 1. The lowest BCUT2D eigenvalue weighted by Crippen LogP contribution is -2.39. The zero-order chi connectivity index (χ0) is 16.5. The van der Waals surface area contributed by atoms with E-state index in [1.165, 1.54) is 23.8 Å². The van der Waals surface area contributed by atoms with Gasteiger partial charge in [-0.25, -0.2) is 4.79 Å². The molecule has 1 fully saturated rings. The summed E-state index contributed by atoms with van der Waals surface area (Å²) in [7, 11) is 0. The van der Waals surface area contributed by atoms with Crippen LogP contribution in [0, 0.1) is 5.92 Å². The number of hydrogen-bond acceptors (Lipinski definition) is 5. The van der Waals surface area contributed by atoms with Crippen molar-refractivity contribution in [2.75, 3.05) is 5.88 Å². The Morgan fingerprint density at radius 2 is 2.23 bits per heavy atom. The maximum atomic E-state index is 12.0. The summed E-state index contributed by atoms with van der Waals surface area (Å²) in [5, 5.41) is 0. The molecule has 1 N–H and O–H groups in total. The first kappa shape index (κ1) is 16.8. The molecular weight excluding hydrogens is 312 g/mol. The van der Waals surface area contributed by atoms with E-state index < -0.39 is 35.2 Å². The molecule has 0 aromatic carbocycles. The lowest BCUT2D eigenvalue weighted by Gasteiger charge is -2.29. The molecule has 22 heavy (non-hydrogen) atoms. The van der Waals surface area contributed by atoms with E-state index in [4.69, 9.17) is 21.1 Å². The fourth-order valence-corrected chi connectivity index (χ4v) is 3.30. The SMILES string of the molecule is CC[C@@]1(CCl)O[C@@H](n2ccc(=O)[nH]c2=O)[C@H](OC(C)=O)[C@@H]1C. The number of nitrogens with zero attached hydrogens (tertiary/aromatic N) is 1. The van der Waals surface area contributed by atoms with E-state index in [2.05, 4.69) is 4.98 Å². The number of carbonyl (C=O) groups is 1. The lowest BCUT2D eigenvalue weighted by atomic mass is 9.86. The predicted molar refractivity (Wildman–Crippen MR) is 79.9 cm³/mol. The Morgan fingerprint density at radius 1 is 1.55 bits per heavy atom. The van der Waals surface area contributed by atoms with Crippen molar-refractivity contribution in [2.24, 2.45) is 5.92 Å². The second kappa shape index (κ2) is 6.26. The van der Waals surface area contributed by atoms with Crippen LogP contribution in [0.2, 0.25) is 0 Å². The fraction of sp³-hybridized carbons (Fsp3) is 0.643. The van der Waals surface area contributed by atoms with E-state index >= 15 is 0 Å². The van der Waals surface area contributed by atoms with Gasteiger partial charge >= 0.3 is 11.7 Å². The van der Waals surface area contributed by atoms with Crippen LogP contribution in [-0.4, -0.2) is 33.1 Å². The zero-order valence-electron chi connectivity index (χ0n) is 12.7. The molecule has 2 rings (SSSR count). The highest BCUT2D eigenvalue weighted by atomic mass is 35.5. The summed E-state index contributed by atoms with van der Waals surface area (Å²) in [6.45, 7) is 5.09. The molecule has 0 spiro atoms. The molecule has 4 atom stereocenters. The topological polar surface area (TPSA) is 90.4 Å². The summed E-state index contributed by atoms with van der Waals surface area (Å²) >= 11 is 6.07. The van der Waals surface area contributed by atoms with Crippen molar-refractivity contribution in [1.82, 2.24) is 9.55 Å². The summed E-state index contributed by atoms with van der Waals surface area (Å²) in [4.78, 5) is 36.8. The number of nitrogens with one attached hydrogen (secondary N) is 1. The van der Waals surface area contributed by atoms with Gasteiger partial charge in [-0.3, -0.25) is 19.1 Å². The van der Waals surface area contributed by atoms with Crippen LogP contribution in [0.5, 0.6) is 0 Å². The third-order valence-electron chi connectivity index (χ3n) is 4.21. The molecule has 1 aromatic rings. The molecule has 1 aliphatic heterocycles. The van der Waals surface area contributed by atoms with Gasteiger partial charge in [0, 0.05) is 25.1 Å². The van der Waals surface area contributed by atoms with Crippen LogP contribution in [-0.2, 0) is 14.3 Å². The Hall–Kier alpha value is -1.60. The number of aromatic amines is 1. The molecule has 0 amide bonds. The number of hydrogen-bond donors (Lipinski definition) is 1. The van der Waals surface area contributed by atoms with E-state index in [9.17, 15) is 14.4 Å². The molecule has 0 aliphatic carbocycles. The molecule has 0 radical (unpaired) electrons. The predicted octanol–water partition coefficient (Wildman–Crippen LogP) is 1.02. The lowest BCUT2D eigenvalue weighted by molar-refractivity contribution is -0.154. The molecular formula is C14H19ClN2O5. The van der Waals surface area contributed by atoms with Crippen LogP contribution in [0.25, 0.3) is 0 Å². The van der Waals surface area contributed by atoms with E-state index in [0.717, 1.165) is 0 Å². The van der Waals surface area contributed by atoms with Gasteiger partial charge < -0.3 is 9.47 Å². The number of halogens is 1. The molecule has 0 saturated carbocycles. The van der Waals surface area contributed by atoms with Gasteiger partial charge in [-0.05, 0) is 6.42 Å². The number of rotatable bonds is 4. The molecule has 7 nitrogen and oxygen atoms in total. The van der Waals surface area contributed by atoms with Crippen LogP contribution in [0.15, 0.2) is 21.9 Å². The minimum atomic E-state index is -0.832. The quantitative estimate of drug-likeness (QED) is 0.657. The maximum Gasteiger partial charge on any atom is 0.330 e.